The molecule has 0 radical (unpaired) electrons. The molecular formula is C28H26N6O3. The third-order valence-corrected chi connectivity index (χ3v) is 6.38. The highest BCUT2D eigenvalue weighted by Crippen LogP contribution is 2.34. The van der Waals surface area contributed by atoms with Crippen molar-refractivity contribution in [2.24, 2.45) is 0 Å². The molecule has 1 aliphatic heterocycles. The molecule has 3 amide bonds. The van der Waals surface area contributed by atoms with Crippen LogP contribution < -0.4 is 10.6 Å². The SMILES string of the molecule is C[C@@H](NC(=O)CNC(=O)[C@@H]1c2ccccc2C(=O)N1Cc1ccccc1)c1ccc(-n2cncn2)cc1. The minimum absolute atomic E-state index is 0.202. The number of rotatable bonds is 8. The Kier molecular flexibility index (Phi) is 6.76. The molecule has 0 saturated heterocycles. The van der Waals surface area contributed by atoms with Crippen LogP contribution in [0.25, 0.3) is 5.69 Å². The smallest absolute Gasteiger partial charge is 0.255 e. The van der Waals surface area contributed by atoms with Crippen molar-refractivity contribution in [2.45, 2.75) is 25.6 Å². The van der Waals surface area contributed by atoms with Gasteiger partial charge >= 0.3 is 0 Å². The van der Waals surface area contributed by atoms with Crippen LogP contribution in [0, 0.1) is 0 Å². The third kappa shape index (κ3) is 5.11. The lowest BCUT2D eigenvalue weighted by molar-refractivity contribution is -0.129. The van der Waals surface area contributed by atoms with Crippen molar-refractivity contribution in [3.8, 4) is 5.69 Å². The third-order valence-electron chi connectivity index (χ3n) is 6.38. The Balaban J connectivity index is 1.22. The summed E-state index contributed by atoms with van der Waals surface area (Å²) in [6, 6.07) is 23.1. The molecule has 5 rings (SSSR count). The summed E-state index contributed by atoms with van der Waals surface area (Å²) >= 11 is 0. The van der Waals surface area contributed by atoms with Crippen LogP contribution in [0.4, 0.5) is 0 Å². The minimum Gasteiger partial charge on any atom is -0.348 e. The number of hydrogen-bond donors (Lipinski definition) is 2. The van der Waals surface area contributed by atoms with Crippen LogP contribution >= 0.6 is 0 Å². The molecule has 1 aromatic heterocycles. The molecule has 2 heterocycles. The topological polar surface area (TPSA) is 109 Å². The first-order valence-electron chi connectivity index (χ1n) is 12.0. The average Bonchev–Trinajstić information content (AvgIpc) is 3.56. The van der Waals surface area contributed by atoms with Gasteiger partial charge in [-0.15, -0.1) is 0 Å². The number of aromatic nitrogens is 3. The van der Waals surface area contributed by atoms with Crippen molar-refractivity contribution in [2.75, 3.05) is 6.54 Å². The summed E-state index contributed by atoms with van der Waals surface area (Å²) < 4.78 is 1.65. The second-order valence-electron chi connectivity index (χ2n) is 8.85. The van der Waals surface area contributed by atoms with Gasteiger partial charge in [-0.3, -0.25) is 14.4 Å². The van der Waals surface area contributed by atoms with E-state index in [9.17, 15) is 14.4 Å². The Morgan fingerprint density at radius 3 is 2.43 bits per heavy atom. The lowest BCUT2D eigenvalue weighted by Gasteiger charge is -2.25. The Morgan fingerprint density at radius 2 is 1.70 bits per heavy atom. The van der Waals surface area contributed by atoms with E-state index in [1.165, 1.54) is 6.33 Å². The van der Waals surface area contributed by atoms with E-state index < -0.39 is 11.9 Å². The molecule has 0 saturated carbocycles. The van der Waals surface area contributed by atoms with Crippen molar-refractivity contribution in [1.82, 2.24) is 30.3 Å². The number of fused-ring (bicyclic) bond motifs is 1. The van der Waals surface area contributed by atoms with Crippen LogP contribution in [0.5, 0.6) is 0 Å². The van der Waals surface area contributed by atoms with E-state index in [1.807, 2.05) is 61.5 Å². The van der Waals surface area contributed by atoms with E-state index in [4.69, 9.17) is 0 Å². The van der Waals surface area contributed by atoms with Gasteiger partial charge in [0.25, 0.3) is 5.91 Å². The van der Waals surface area contributed by atoms with Gasteiger partial charge in [-0.25, -0.2) is 9.67 Å². The number of benzene rings is 3. The van der Waals surface area contributed by atoms with Crippen molar-refractivity contribution < 1.29 is 14.4 Å². The molecule has 9 heteroatoms. The zero-order chi connectivity index (χ0) is 25.8. The Morgan fingerprint density at radius 1 is 0.973 bits per heavy atom. The number of carbonyl (C=O) groups is 3. The maximum Gasteiger partial charge on any atom is 0.255 e. The molecule has 4 aromatic rings. The van der Waals surface area contributed by atoms with Gasteiger partial charge in [0.1, 0.15) is 18.7 Å². The molecule has 0 spiro atoms. The van der Waals surface area contributed by atoms with Crippen molar-refractivity contribution in [3.05, 3.63) is 114 Å². The summed E-state index contributed by atoms with van der Waals surface area (Å²) in [6.07, 6.45) is 3.08. The van der Waals surface area contributed by atoms with Gasteiger partial charge < -0.3 is 15.5 Å². The van der Waals surface area contributed by atoms with Gasteiger partial charge in [0.15, 0.2) is 0 Å². The fourth-order valence-electron chi connectivity index (χ4n) is 4.49. The van der Waals surface area contributed by atoms with E-state index in [-0.39, 0.29) is 24.4 Å². The fourth-order valence-corrected chi connectivity index (χ4v) is 4.49. The van der Waals surface area contributed by atoms with E-state index in [0.717, 1.165) is 16.8 Å². The largest absolute Gasteiger partial charge is 0.348 e. The highest BCUT2D eigenvalue weighted by Gasteiger charge is 2.40. The average molecular weight is 495 g/mol. The molecule has 0 fully saturated rings. The summed E-state index contributed by atoms with van der Waals surface area (Å²) in [6.45, 7) is 1.96. The molecular weight excluding hydrogens is 468 g/mol. The summed E-state index contributed by atoms with van der Waals surface area (Å²) in [5.74, 6) is -0.922. The molecule has 0 bridgehead atoms. The van der Waals surface area contributed by atoms with Gasteiger partial charge in [-0.2, -0.15) is 5.10 Å². The molecule has 1 aliphatic rings. The second kappa shape index (κ2) is 10.4. The second-order valence-corrected chi connectivity index (χ2v) is 8.85. The molecule has 2 atom stereocenters. The Labute approximate surface area is 214 Å². The predicted molar refractivity (Wildman–Crippen MR) is 136 cm³/mol. The molecule has 186 valence electrons. The van der Waals surface area contributed by atoms with Crippen molar-refractivity contribution in [3.63, 3.8) is 0 Å². The quantitative estimate of drug-likeness (QED) is 0.392. The summed E-state index contributed by atoms with van der Waals surface area (Å²) in [4.78, 5) is 44.5. The predicted octanol–water partition coefficient (Wildman–Crippen LogP) is 2.96. The van der Waals surface area contributed by atoms with E-state index >= 15 is 0 Å². The maximum atomic E-state index is 13.3. The summed E-state index contributed by atoms with van der Waals surface area (Å²) in [5, 5.41) is 9.73. The van der Waals surface area contributed by atoms with Crippen LogP contribution in [0.3, 0.4) is 0 Å². The van der Waals surface area contributed by atoms with Crippen LogP contribution in [-0.4, -0.2) is 43.9 Å². The van der Waals surface area contributed by atoms with Crippen LogP contribution in [0.2, 0.25) is 0 Å². The Bertz CT molecular complexity index is 1400. The highest BCUT2D eigenvalue weighted by molar-refractivity contribution is 6.05. The molecule has 3 aromatic carbocycles. The molecule has 37 heavy (non-hydrogen) atoms. The number of amides is 3. The highest BCUT2D eigenvalue weighted by atomic mass is 16.2. The van der Waals surface area contributed by atoms with Crippen molar-refractivity contribution >= 4 is 17.7 Å². The molecule has 0 unspecified atom stereocenters. The van der Waals surface area contributed by atoms with E-state index in [0.29, 0.717) is 17.7 Å². The molecule has 9 nitrogen and oxygen atoms in total. The summed E-state index contributed by atoms with van der Waals surface area (Å²) in [5.41, 5.74) is 3.84. The van der Waals surface area contributed by atoms with Crippen LogP contribution in [0.1, 0.15) is 46.1 Å². The maximum absolute atomic E-state index is 13.3. The number of hydrogen-bond acceptors (Lipinski definition) is 5. The first-order valence-corrected chi connectivity index (χ1v) is 12.0. The lowest BCUT2D eigenvalue weighted by atomic mass is 10.0. The van der Waals surface area contributed by atoms with Gasteiger partial charge in [0.05, 0.1) is 18.3 Å². The number of nitrogens with zero attached hydrogens (tertiary/aromatic N) is 4. The minimum atomic E-state index is -0.807. The first-order chi connectivity index (χ1) is 18.0. The number of carbonyl (C=O) groups excluding carboxylic acids is 3. The lowest BCUT2D eigenvalue weighted by Crippen LogP contribution is -2.43. The van der Waals surface area contributed by atoms with Crippen molar-refractivity contribution in [1.29, 1.82) is 0 Å². The fraction of sp³-hybridized carbons (Fsp3) is 0.179. The molecule has 2 N–H and O–H groups in total. The van der Waals surface area contributed by atoms with Gasteiger partial charge in [-0.1, -0.05) is 60.7 Å². The molecule has 0 aliphatic carbocycles. The first kappa shape index (κ1) is 23.9. The van der Waals surface area contributed by atoms with E-state index in [1.54, 1.807) is 40.2 Å². The Hall–Kier alpha value is -4.79. The zero-order valence-corrected chi connectivity index (χ0v) is 20.2. The van der Waals surface area contributed by atoms with Crippen LogP contribution in [0.15, 0.2) is 91.5 Å². The van der Waals surface area contributed by atoms with Gasteiger partial charge in [0.2, 0.25) is 11.8 Å². The van der Waals surface area contributed by atoms with Gasteiger partial charge in [-0.05, 0) is 41.8 Å². The van der Waals surface area contributed by atoms with E-state index in [2.05, 4.69) is 20.7 Å². The standard InChI is InChI=1S/C28H26N6O3/c1-19(21-11-13-22(14-12-21)34-18-29-17-31-34)32-25(35)15-30-27(36)26-23-9-5-6-10-24(23)28(37)33(26)16-20-7-3-2-4-8-20/h2-14,17-19,26H,15-16H2,1H3,(H,30,36)(H,32,35)/t19-,26+/m1/s1. The number of nitrogens with one attached hydrogen (secondary N) is 2. The summed E-state index contributed by atoms with van der Waals surface area (Å²) in [7, 11) is 0. The van der Waals surface area contributed by atoms with Gasteiger partial charge in [0, 0.05) is 12.1 Å². The monoisotopic (exact) mass is 494 g/mol. The normalized spacial score (nSPS) is 15.2. The zero-order valence-electron chi connectivity index (χ0n) is 20.2. The van der Waals surface area contributed by atoms with Crippen LogP contribution in [-0.2, 0) is 16.1 Å².